The molecule has 3 aliphatic rings. The molecule has 0 saturated carbocycles. The topological polar surface area (TPSA) is 127 Å². The minimum atomic E-state index is -0.687. The summed E-state index contributed by atoms with van der Waals surface area (Å²) in [4.78, 5) is 47.0. The summed E-state index contributed by atoms with van der Waals surface area (Å²) in [5.74, 6) is 1.17. The Morgan fingerprint density at radius 3 is 2.64 bits per heavy atom. The fraction of sp³-hybridized carbons (Fsp3) is 0.594. The number of fused-ring (bicyclic) bond motifs is 1. The van der Waals surface area contributed by atoms with Crippen molar-refractivity contribution in [2.45, 2.75) is 83.2 Å². The number of benzene rings is 1. The number of nitrogens with zero attached hydrogens (tertiary/aromatic N) is 3. The van der Waals surface area contributed by atoms with E-state index in [1.807, 2.05) is 49.1 Å². The SMILES string of the molecule is CC(C)c1noc(CCC(=O)N2CC[C@@H]3NC(=O)[C@@H](Cc4ccccc4)NC(=O)C4(C/C=C/C[C@@H]3C2)CCOCC4)n1. The van der Waals surface area contributed by atoms with Crippen LogP contribution in [-0.4, -0.2) is 71.1 Å². The van der Waals surface area contributed by atoms with Gasteiger partial charge in [0.25, 0.3) is 0 Å². The number of allylic oxidation sites excluding steroid dienone is 2. The van der Waals surface area contributed by atoms with Gasteiger partial charge in [-0.1, -0.05) is 61.5 Å². The minimum Gasteiger partial charge on any atom is -0.381 e. The third kappa shape index (κ3) is 7.27. The molecule has 226 valence electrons. The number of aromatic nitrogens is 2. The summed E-state index contributed by atoms with van der Waals surface area (Å²) in [5, 5.41) is 10.4. The molecule has 0 aliphatic carbocycles. The van der Waals surface area contributed by atoms with Gasteiger partial charge in [-0.15, -0.1) is 0 Å². The minimum absolute atomic E-state index is 0.0505. The number of hydrogen-bond acceptors (Lipinski definition) is 7. The van der Waals surface area contributed by atoms with Crippen LogP contribution in [0.25, 0.3) is 0 Å². The van der Waals surface area contributed by atoms with Crippen molar-refractivity contribution in [2.24, 2.45) is 11.3 Å². The molecule has 3 amide bonds. The number of carbonyl (C=O) groups excluding carboxylic acids is 3. The van der Waals surface area contributed by atoms with Gasteiger partial charge in [-0.25, -0.2) is 0 Å². The van der Waals surface area contributed by atoms with Crippen LogP contribution >= 0.6 is 0 Å². The van der Waals surface area contributed by atoms with E-state index in [0.29, 0.717) is 89.4 Å². The average molecular weight is 578 g/mol. The van der Waals surface area contributed by atoms with Crippen LogP contribution in [0.1, 0.15) is 75.6 Å². The predicted octanol–water partition coefficient (Wildman–Crippen LogP) is 3.33. The molecule has 0 radical (unpaired) electrons. The summed E-state index contributed by atoms with van der Waals surface area (Å²) in [6, 6.07) is 9.01. The van der Waals surface area contributed by atoms with Crippen LogP contribution < -0.4 is 10.6 Å². The summed E-state index contributed by atoms with van der Waals surface area (Å²) in [6.45, 7) is 6.18. The molecule has 10 nitrogen and oxygen atoms in total. The molecule has 2 fully saturated rings. The van der Waals surface area contributed by atoms with Crippen LogP contribution in [0.5, 0.6) is 0 Å². The Morgan fingerprint density at radius 1 is 1.12 bits per heavy atom. The van der Waals surface area contributed by atoms with E-state index in [1.54, 1.807) is 0 Å². The van der Waals surface area contributed by atoms with Crippen molar-refractivity contribution < 1.29 is 23.6 Å². The fourth-order valence-electron chi connectivity index (χ4n) is 6.18. The molecule has 10 heteroatoms. The van der Waals surface area contributed by atoms with E-state index in [4.69, 9.17) is 9.26 Å². The summed E-state index contributed by atoms with van der Waals surface area (Å²) in [5.41, 5.74) is 0.395. The Balaban J connectivity index is 1.30. The lowest BCUT2D eigenvalue weighted by Crippen LogP contribution is -2.58. The van der Waals surface area contributed by atoms with E-state index in [1.165, 1.54) is 0 Å². The number of rotatable bonds is 6. The largest absolute Gasteiger partial charge is 0.381 e. The number of aryl methyl sites for hydroxylation is 1. The summed E-state index contributed by atoms with van der Waals surface area (Å²) in [7, 11) is 0. The molecular formula is C32H43N5O5. The van der Waals surface area contributed by atoms with Crippen molar-refractivity contribution in [3.05, 3.63) is 59.8 Å². The Labute approximate surface area is 247 Å². The quantitative estimate of drug-likeness (QED) is 0.505. The van der Waals surface area contributed by atoms with Crippen LogP contribution in [0, 0.1) is 11.3 Å². The van der Waals surface area contributed by atoms with Gasteiger partial charge < -0.3 is 24.8 Å². The van der Waals surface area contributed by atoms with Gasteiger partial charge in [-0.2, -0.15) is 4.98 Å². The number of amides is 3. The lowest BCUT2D eigenvalue weighted by molar-refractivity contribution is -0.140. The molecule has 2 saturated heterocycles. The first-order valence-corrected chi connectivity index (χ1v) is 15.3. The maximum atomic E-state index is 13.8. The molecule has 42 heavy (non-hydrogen) atoms. The van der Waals surface area contributed by atoms with Gasteiger partial charge in [-0.05, 0) is 37.7 Å². The Hall–Kier alpha value is -3.53. The predicted molar refractivity (Wildman–Crippen MR) is 156 cm³/mol. The average Bonchev–Trinajstić information content (AvgIpc) is 3.48. The van der Waals surface area contributed by atoms with E-state index in [2.05, 4.69) is 32.9 Å². The van der Waals surface area contributed by atoms with Crippen LogP contribution in [0.15, 0.2) is 47.0 Å². The zero-order valence-corrected chi connectivity index (χ0v) is 24.7. The van der Waals surface area contributed by atoms with Crippen LogP contribution in [0.2, 0.25) is 0 Å². The maximum Gasteiger partial charge on any atom is 0.243 e. The monoisotopic (exact) mass is 577 g/mol. The second-order valence-corrected chi connectivity index (χ2v) is 12.2. The lowest BCUT2D eigenvalue weighted by Gasteiger charge is -2.40. The van der Waals surface area contributed by atoms with E-state index >= 15 is 0 Å². The first-order valence-electron chi connectivity index (χ1n) is 15.3. The molecule has 2 N–H and O–H groups in total. The second kappa shape index (κ2) is 13.6. The Morgan fingerprint density at radius 2 is 1.90 bits per heavy atom. The molecule has 3 aliphatic heterocycles. The van der Waals surface area contributed by atoms with Crippen molar-refractivity contribution in [3.8, 4) is 0 Å². The van der Waals surface area contributed by atoms with Gasteiger partial charge in [0, 0.05) is 63.4 Å². The zero-order valence-electron chi connectivity index (χ0n) is 24.7. The number of piperidine rings is 1. The number of ether oxygens (including phenoxy) is 1. The maximum absolute atomic E-state index is 13.8. The van der Waals surface area contributed by atoms with Crippen molar-refractivity contribution in [3.63, 3.8) is 0 Å². The lowest BCUT2D eigenvalue weighted by atomic mass is 9.75. The van der Waals surface area contributed by atoms with E-state index < -0.39 is 11.5 Å². The summed E-state index contributed by atoms with van der Waals surface area (Å²) < 4.78 is 10.9. The van der Waals surface area contributed by atoms with Gasteiger partial charge in [0.15, 0.2) is 5.82 Å². The molecule has 4 heterocycles. The van der Waals surface area contributed by atoms with Crippen molar-refractivity contribution >= 4 is 17.7 Å². The third-order valence-electron chi connectivity index (χ3n) is 8.92. The standard InChI is InChI=1S/C32H43N5O5/c1-22(2)29-35-27(42-36-29)11-12-28(38)37-17-13-25-24(21-37)10-6-7-14-32(15-18-41-19-16-32)31(40)34-26(30(39)33-25)20-23-8-4-3-5-9-23/h3-9,22,24-26H,10-21H2,1-2H3,(H,33,39)(H,34,40)/b7-6+/t24-,25+,26-/m1/s1. The number of nitrogens with one attached hydrogen (secondary N) is 2. The molecule has 0 unspecified atom stereocenters. The summed E-state index contributed by atoms with van der Waals surface area (Å²) in [6.07, 6.45) is 8.57. The van der Waals surface area contributed by atoms with Gasteiger partial charge in [0.2, 0.25) is 23.6 Å². The highest BCUT2D eigenvalue weighted by Crippen LogP contribution is 2.36. The van der Waals surface area contributed by atoms with Crippen LogP contribution in [-0.2, 0) is 32.0 Å². The Kier molecular flexibility index (Phi) is 9.72. The van der Waals surface area contributed by atoms with Crippen molar-refractivity contribution in [1.82, 2.24) is 25.7 Å². The normalized spacial score (nSPS) is 25.6. The number of hydrogen-bond donors (Lipinski definition) is 2. The fourth-order valence-corrected chi connectivity index (χ4v) is 6.18. The van der Waals surface area contributed by atoms with Gasteiger partial charge >= 0.3 is 0 Å². The zero-order chi connectivity index (χ0) is 29.5. The second-order valence-electron chi connectivity index (χ2n) is 12.2. The summed E-state index contributed by atoms with van der Waals surface area (Å²) >= 11 is 0. The van der Waals surface area contributed by atoms with Gasteiger partial charge in [-0.3, -0.25) is 14.4 Å². The van der Waals surface area contributed by atoms with Crippen molar-refractivity contribution in [1.29, 1.82) is 0 Å². The van der Waals surface area contributed by atoms with E-state index in [-0.39, 0.29) is 35.6 Å². The smallest absolute Gasteiger partial charge is 0.243 e. The highest BCUT2D eigenvalue weighted by Gasteiger charge is 2.41. The van der Waals surface area contributed by atoms with Crippen molar-refractivity contribution in [2.75, 3.05) is 26.3 Å². The van der Waals surface area contributed by atoms with Gasteiger partial charge in [0.05, 0.1) is 5.41 Å². The molecule has 3 atom stereocenters. The molecule has 5 rings (SSSR count). The molecule has 0 bridgehead atoms. The first-order chi connectivity index (χ1) is 20.3. The first kappa shape index (κ1) is 29.9. The molecule has 2 aromatic rings. The van der Waals surface area contributed by atoms with E-state index in [0.717, 1.165) is 5.56 Å². The highest BCUT2D eigenvalue weighted by molar-refractivity contribution is 5.90. The number of carbonyl (C=O) groups is 3. The van der Waals surface area contributed by atoms with E-state index in [9.17, 15) is 14.4 Å². The highest BCUT2D eigenvalue weighted by atomic mass is 16.5. The third-order valence-corrected chi connectivity index (χ3v) is 8.92. The molecule has 1 spiro atoms. The molecule has 1 aromatic heterocycles. The van der Waals surface area contributed by atoms with Crippen LogP contribution in [0.4, 0.5) is 0 Å². The molecular weight excluding hydrogens is 534 g/mol. The van der Waals surface area contributed by atoms with Gasteiger partial charge in [0.1, 0.15) is 6.04 Å². The van der Waals surface area contributed by atoms with Crippen LogP contribution in [0.3, 0.4) is 0 Å². The number of likely N-dealkylation sites (tertiary alicyclic amines) is 1. The Bertz CT molecular complexity index is 1250. The molecule has 1 aromatic carbocycles.